The Morgan fingerprint density at radius 3 is 2.71 bits per heavy atom. The van der Waals surface area contributed by atoms with Gasteiger partial charge in [0.15, 0.2) is 0 Å². The van der Waals surface area contributed by atoms with Crippen LogP contribution in [0.5, 0.6) is 0 Å². The Labute approximate surface area is 194 Å². The number of aryl methyl sites for hydroxylation is 1. The number of rotatable bonds is 5. The molecule has 1 aliphatic carbocycles. The van der Waals surface area contributed by atoms with Gasteiger partial charge < -0.3 is 21.3 Å². The summed E-state index contributed by atoms with van der Waals surface area (Å²) < 4.78 is 0. The fourth-order valence-corrected chi connectivity index (χ4v) is 4.21. The highest BCUT2D eigenvalue weighted by molar-refractivity contribution is 5.85. The van der Waals surface area contributed by atoms with E-state index >= 15 is 0 Å². The first-order chi connectivity index (χ1) is 14.0. The summed E-state index contributed by atoms with van der Waals surface area (Å²) in [7, 11) is 2.00. The maximum absolute atomic E-state index is 11.2. The summed E-state index contributed by atoms with van der Waals surface area (Å²) >= 11 is 0. The Morgan fingerprint density at radius 1 is 1.19 bits per heavy atom. The van der Waals surface area contributed by atoms with Gasteiger partial charge in [-0.1, -0.05) is 0 Å². The topological polar surface area (TPSA) is 122 Å². The number of benzene rings is 1. The molecule has 1 aromatic carbocycles. The molecule has 1 atom stereocenters. The Bertz CT molecular complexity index is 929. The minimum atomic E-state index is -0.481. The summed E-state index contributed by atoms with van der Waals surface area (Å²) in [5.74, 6) is 1.48. The number of hydrogen-bond donors (Lipinski definition) is 3. The van der Waals surface area contributed by atoms with Crippen molar-refractivity contribution in [3.63, 3.8) is 0 Å². The Kier molecular flexibility index (Phi) is 8.67. The molecule has 1 fully saturated rings. The zero-order valence-corrected chi connectivity index (χ0v) is 19.1. The highest BCUT2D eigenvalue weighted by Crippen LogP contribution is 2.32. The lowest BCUT2D eigenvalue weighted by Gasteiger charge is -2.35. The maximum atomic E-state index is 11.2. The average Bonchev–Trinajstić information content (AvgIpc) is 2.74. The largest absolute Gasteiger partial charge is 0.393 e. The van der Waals surface area contributed by atoms with Gasteiger partial charge in [-0.25, -0.2) is 4.98 Å². The highest BCUT2D eigenvalue weighted by Gasteiger charge is 2.26. The predicted molar refractivity (Wildman–Crippen MR) is 128 cm³/mol. The fourth-order valence-electron chi connectivity index (χ4n) is 4.21. The van der Waals surface area contributed by atoms with Crippen LogP contribution in [0.3, 0.4) is 0 Å². The fraction of sp³-hybridized carbons (Fsp3) is 0.500. The number of nitrogens with two attached hydrogens (primary N) is 1. The first kappa shape index (κ1) is 24.9. The molecule has 2 aromatic rings. The number of halogens is 2. The van der Waals surface area contributed by atoms with Gasteiger partial charge in [0.1, 0.15) is 11.5 Å². The molecule has 9 nitrogen and oxygen atoms in total. The summed E-state index contributed by atoms with van der Waals surface area (Å²) in [6.07, 6.45) is 6.50. The SMILES string of the molecule is CNC1CCCN(c2nc(Nc3ccc(N)c([N+](=O)[O-])c3)nc3c2CCCC3)C1.Cl.Cl. The molecule has 1 unspecified atom stereocenters. The molecule has 1 aliphatic heterocycles. The quantitative estimate of drug-likeness (QED) is 0.344. The van der Waals surface area contributed by atoms with Crippen LogP contribution < -0.4 is 21.3 Å². The Morgan fingerprint density at radius 2 is 1.97 bits per heavy atom. The van der Waals surface area contributed by atoms with E-state index in [0.717, 1.165) is 56.7 Å². The number of hydrogen-bond acceptors (Lipinski definition) is 8. The number of piperidine rings is 1. The molecule has 1 aromatic heterocycles. The van der Waals surface area contributed by atoms with Gasteiger partial charge in [0.05, 0.1) is 10.6 Å². The molecule has 170 valence electrons. The van der Waals surface area contributed by atoms with Gasteiger partial charge >= 0.3 is 0 Å². The Hall–Kier alpha value is -2.36. The third kappa shape index (κ3) is 5.47. The van der Waals surface area contributed by atoms with Crippen molar-refractivity contribution in [3.05, 3.63) is 39.6 Å². The zero-order valence-electron chi connectivity index (χ0n) is 17.5. The van der Waals surface area contributed by atoms with E-state index in [4.69, 9.17) is 15.7 Å². The number of nitrogen functional groups attached to an aromatic ring is 1. The molecule has 0 bridgehead atoms. The van der Waals surface area contributed by atoms with Gasteiger partial charge in [-0.15, -0.1) is 24.8 Å². The van der Waals surface area contributed by atoms with Crippen LogP contribution in [0.15, 0.2) is 18.2 Å². The second-order valence-corrected chi connectivity index (χ2v) is 7.73. The first-order valence-corrected chi connectivity index (χ1v) is 10.2. The molecule has 2 heterocycles. The van der Waals surface area contributed by atoms with Crippen molar-refractivity contribution in [2.24, 2.45) is 0 Å². The van der Waals surface area contributed by atoms with E-state index in [2.05, 4.69) is 15.5 Å². The van der Waals surface area contributed by atoms with Crippen molar-refractivity contribution < 1.29 is 4.92 Å². The standard InChI is InChI=1S/C20H27N7O2.2ClH/c1-22-14-5-4-10-26(12-14)19-15-6-2-3-7-17(15)24-20(25-19)23-13-8-9-16(21)18(11-13)27(28)29;;/h8-9,11,14,22H,2-7,10,12,21H2,1H3,(H,23,24,25);2*1H. The van der Waals surface area contributed by atoms with Crippen LogP contribution in [0.4, 0.5) is 28.8 Å². The normalized spacial score (nSPS) is 17.7. The predicted octanol–water partition coefficient (Wildman–Crippen LogP) is 3.62. The molecule has 4 N–H and O–H groups in total. The van der Waals surface area contributed by atoms with E-state index in [9.17, 15) is 10.1 Å². The van der Waals surface area contributed by atoms with Gasteiger partial charge in [-0.3, -0.25) is 10.1 Å². The number of nitrogens with zero attached hydrogens (tertiary/aromatic N) is 4. The smallest absolute Gasteiger partial charge is 0.294 e. The molecule has 0 saturated carbocycles. The van der Waals surface area contributed by atoms with Crippen LogP contribution in [-0.4, -0.2) is 41.1 Å². The maximum Gasteiger partial charge on any atom is 0.294 e. The van der Waals surface area contributed by atoms with Crippen LogP contribution in [0.1, 0.15) is 36.9 Å². The molecule has 0 amide bonds. The van der Waals surface area contributed by atoms with Crippen LogP contribution in [0.2, 0.25) is 0 Å². The minimum absolute atomic E-state index is 0. The lowest BCUT2D eigenvalue weighted by atomic mass is 9.95. The second-order valence-electron chi connectivity index (χ2n) is 7.73. The molecular weight excluding hydrogens is 441 g/mol. The number of nitrogens with one attached hydrogen (secondary N) is 2. The monoisotopic (exact) mass is 469 g/mol. The summed E-state index contributed by atoms with van der Waals surface area (Å²) in [5.41, 5.74) is 8.61. The molecule has 1 saturated heterocycles. The van der Waals surface area contributed by atoms with Crippen molar-refractivity contribution in [3.8, 4) is 0 Å². The zero-order chi connectivity index (χ0) is 20.4. The third-order valence-corrected chi connectivity index (χ3v) is 5.77. The molecular formula is C20H29Cl2N7O2. The molecule has 2 aliphatic rings. The molecule has 0 spiro atoms. The van der Waals surface area contributed by atoms with Crippen molar-refractivity contribution in [1.82, 2.24) is 15.3 Å². The second kappa shape index (κ2) is 10.8. The van der Waals surface area contributed by atoms with Gasteiger partial charge in [-0.05, 0) is 57.7 Å². The Balaban J connectivity index is 0.00000171. The van der Waals surface area contributed by atoms with Crippen molar-refractivity contribution in [1.29, 1.82) is 0 Å². The number of nitro groups is 1. The van der Waals surface area contributed by atoms with Crippen LogP contribution >= 0.6 is 24.8 Å². The van der Waals surface area contributed by atoms with E-state index in [0.29, 0.717) is 17.7 Å². The van der Waals surface area contributed by atoms with E-state index in [-0.39, 0.29) is 36.2 Å². The number of aromatic nitrogens is 2. The lowest BCUT2D eigenvalue weighted by molar-refractivity contribution is -0.383. The van der Waals surface area contributed by atoms with E-state index in [1.807, 2.05) is 7.05 Å². The lowest BCUT2D eigenvalue weighted by Crippen LogP contribution is -2.45. The number of nitro benzene ring substituents is 1. The summed E-state index contributed by atoms with van der Waals surface area (Å²) in [4.78, 5) is 22.6. The van der Waals surface area contributed by atoms with E-state index in [1.54, 1.807) is 6.07 Å². The van der Waals surface area contributed by atoms with E-state index in [1.165, 1.54) is 24.1 Å². The third-order valence-electron chi connectivity index (χ3n) is 5.77. The number of likely N-dealkylation sites (N-methyl/N-ethyl adjacent to an activating group) is 1. The minimum Gasteiger partial charge on any atom is -0.393 e. The van der Waals surface area contributed by atoms with Crippen LogP contribution in [-0.2, 0) is 12.8 Å². The average molecular weight is 470 g/mol. The number of fused-ring (bicyclic) bond motifs is 1. The van der Waals surface area contributed by atoms with Gasteiger partial charge in [-0.2, -0.15) is 4.98 Å². The van der Waals surface area contributed by atoms with Gasteiger partial charge in [0, 0.05) is 36.4 Å². The highest BCUT2D eigenvalue weighted by atomic mass is 35.5. The van der Waals surface area contributed by atoms with Crippen molar-refractivity contribution in [2.45, 2.75) is 44.6 Å². The number of anilines is 4. The van der Waals surface area contributed by atoms with Crippen molar-refractivity contribution >= 4 is 53.6 Å². The molecule has 11 heteroatoms. The first-order valence-electron chi connectivity index (χ1n) is 10.2. The summed E-state index contributed by atoms with van der Waals surface area (Å²) in [6.45, 7) is 1.90. The van der Waals surface area contributed by atoms with Crippen LogP contribution in [0, 0.1) is 10.1 Å². The molecule has 0 radical (unpaired) electrons. The van der Waals surface area contributed by atoms with Crippen molar-refractivity contribution in [2.75, 3.05) is 36.1 Å². The molecule has 31 heavy (non-hydrogen) atoms. The van der Waals surface area contributed by atoms with Crippen LogP contribution in [0.25, 0.3) is 0 Å². The van der Waals surface area contributed by atoms with Gasteiger partial charge in [0.2, 0.25) is 5.95 Å². The summed E-state index contributed by atoms with van der Waals surface area (Å²) in [5, 5.41) is 17.7. The van der Waals surface area contributed by atoms with Gasteiger partial charge in [0.25, 0.3) is 5.69 Å². The molecule has 4 rings (SSSR count). The summed E-state index contributed by atoms with van der Waals surface area (Å²) in [6, 6.07) is 5.12. The van der Waals surface area contributed by atoms with E-state index < -0.39 is 4.92 Å².